The van der Waals surface area contributed by atoms with Crippen molar-refractivity contribution in [3.05, 3.63) is 47.3 Å². The summed E-state index contributed by atoms with van der Waals surface area (Å²) in [5, 5.41) is 4.28. The molecule has 20 heavy (non-hydrogen) atoms. The van der Waals surface area contributed by atoms with Gasteiger partial charge in [0.25, 0.3) is 0 Å². The van der Waals surface area contributed by atoms with E-state index in [1.165, 1.54) is 16.0 Å². The number of hydrogen-bond acceptors (Lipinski definition) is 4. The fourth-order valence-corrected chi connectivity index (χ4v) is 2.73. The summed E-state index contributed by atoms with van der Waals surface area (Å²) >= 11 is 1.63. The summed E-state index contributed by atoms with van der Waals surface area (Å²) in [5.41, 5.74) is 3.57. The van der Waals surface area contributed by atoms with E-state index in [1.54, 1.807) is 11.8 Å². The molecule has 4 heteroatoms. The predicted octanol–water partition coefficient (Wildman–Crippen LogP) is 3.74. The van der Waals surface area contributed by atoms with Gasteiger partial charge in [-0.05, 0) is 43.3 Å². The minimum absolute atomic E-state index is 0.476. The SMILES string of the molecule is Cc1ccc(Sc2nccc(C)n2)c(CNC(C)C)c1. The van der Waals surface area contributed by atoms with Crippen molar-refractivity contribution in [2.75, 3.05) is 0 Å². The maximum absolute atomic E-state index is 4.46. The Balaban J connectivity index is 2.21. The highest BCUT2D eigenvalue weighted by Crippen LogP contribution is 2.28. The third kappa shape index (κ3) is 4.32. The molecule has 3 nitrogen and oxygen atoms in total. The predicted molar refractivity (Wildman–Crippen MR) is 84.0 cm³/mol. The number of rotatable bonds is 5. The van der Waals surface area contributed by atoms with Gasteiger partial charge in [0.1, 0.15) is 0 Å². The highest BCUT2D eigenvalue weighted by molar-refractivity contribution is 7.99. The minimum atomic E-state index is 0.476. The second-order valence-electron chi connectivity index (χ2n) is 5.23. The van der Waals surface area contributed by atoms with E-state index in [-0.39, 0.29) is 0 Å². The summed E-state index contributed by atoms with van der Waals surface area (Å²) < 4.78 is 0. The van der Waals surface area contributed by atoms with Gasteiger partial charge in [-0.3, -0.25) is 0 Å². The van der Waals surface area contributed by atoms with Crippen LogP contribution in [0.3, 0.4) is 0 Å². The summed E-state index contributed by atoms with van der Waals surface area (Å²) in [6, 6.07) is 8.91. The molecular formula is C16H21N3S. The molecule has 0 amide bonds. The maximum Gasteiger partial charge on any atom is 0.192 e. The molecule has 1 N–H and O–H groups in total. The lowest BCUT2D eigenvalue weighted by Crippen LogP contribution is -2.22. The van der Waals surface area contributed by atoms with Crippen molar-refractivity contribution < 1.29 is 0 Å². The molecule has 0 aliphatic carbocycles. The van der Waals surface area contributed by atoms with E-state index in [9.17, 15) is 0 Å². The van der Waals surface area contributed by atoms with E-state index in [1.807, 2.05) is 19.2 Å². The molecule has 0 aliphatic heterocycles. The van der Waals surface area contributed by atoms with E-state index < -0.39 is 0 Å². The zero-order chi connectivity index (χ0) is 14.5. The topological polar surface area (TPSA) is 37.8 Å². The first-order chi connectivity index (χ1) is 9.54. The largest absolute Gasteiger partial charge is 0.310 e. The van der Waals surface area contributed by atoms with Crippen LogP contribution in [0.2, 0.25) is 0 Å². The first kappa shape index (κ1) is 15.0. The van der Waals surface area contributed by atoms with Crippen LogP contribution in [0.15, 0.2) is 40.5 Å². The molecule has 0 radical (unpaired) electrons. The molecule has 1 aromatic carbocycles. The third-order valence-electron chi connectivity index (χ3n) is 2.89. The number of nitrogens with one attached hydrogen (secondary N) is 1. The molecule has 1 heterocycles. The van der Waals surface area contributed by atoms with Crippen molar-refractivity contribution in [2.24, 2.45) is 0 Å². The van der Waals surface area contributed by atoms with Gasteiger partial charge in [-0.15, -0.1) is 0 Å². The fraction of sp³-hybridized carbons (Fsp3) is 0.375. The molecule has 2 aromatic rings. The lowest BCUT2D eigenvalue weighted by atomic mass is 10.1. The van der Waals surface area contributed by atoms with Crippen LogP contribution >= 0.6 is 11.8 Å². The molecule has 106 valence electrons. The molecule has 0 atom stereocenters. The molecule has 0 aliphatic rings. The Morgan fingerprint density at radius 3 is 2.70 bits per heavy atom. The number of aromatic nitrogens is 2. The average Bonchev–Trinajstić information content (AvgIpc) is 2.39. The summed E-state index contributed by atoms with van der Waals surface area (Å²) in [5.74, 6) is 0. The van der Waals surface area contributed by atoms with Gasteiger partial charge in [-0.2, -0.15) is 0 Å². The van der Waals surface area contributed by atoms with Crippen molar-refractivity contribution in [3.63, 3.8) is 0 Å². The van der Waals surface area contributed by atoms with Crippen LogP contribution in [-0.2, 0) is 6.54 Å². The molecular weight excluding hydrogens is 266 g/mol. The first-order valence-electron chi connectivity index (χ1n) is 6.85. The monoisotopic (exact) mass is 287 g/mol. The minimum Gasteiger partial charge on any atom is -0.310 e. The quantitative estimate of drug-likeness (QED) is 0.850. The van der Waals surface area contributed by atoms with E-state index >= 15 is 0 Å². The van der Waals surface area contributed by atoms with Gasteiger partial charge in [0.05, 0.1) is 0 Å². The summed E-state index contributed by atoms with van der Waals surface area (Å²) in [7, 11) is 0. The van der Waals surface area contributed by atoms with Crippen molar-refractivity contribution >= 4 is 11.8 Å². The second-order valence-corrected chi connectivity index (χ2v) is 6.24. The molecule has 0 fully saturated rings. The van der Waals surface area contributed by atoms with Crippen LogP contribution in [0.1, 0.15) is 30.7 Å². The Labute approximate surface area is 125 Å². The highest BCUT2D eigenvalue weighted by Gasteiger charge is 2.07. The Kier molecular flexibility index (Phi) is 5.15. The van der Waals surface area contributed by atoms with Crippen LogP contribution in [0.5, 0.6) is 0 Å². The Bertz CT molecular complexity index is 582. The zero-order valence-corrected chi connectivity index (χ0v) is 13.3. The Hall–Kier alpha value is -1.39. The molecule has 2 rings (SSSR count). The van der Waals surface area contributed by atoms with Crippen molar-refractivity contribution in [2.45, 2.75) is 50.3 Å². The summed E-state index contributed by atoms with van der Waals surface area (Å²) in [6.07, 6.45) is 1.81. The average molecular weight is 287 g/mol. The lowest BCUT2D eigenvalue weighted by Gasteiger charge is -2.13. The van der Waals surface area contributed by atoms with Crippen molar-refractivity contribution in [3.8, 4) is 0 Å². The van der Waals surface area contributed by atoms with E-state index in [0.29, 0.717) is 6.04 Å². The second kappa shape index (κ2) is 6.86. The molecule has 0 unspecified atom stereocenters. The highest BCUT2D eigenvalue weighted by atomic mass is 32.2. The van der Waals surface area contributed by atoms with E-state index in [2.05, 4.69) is 54.3 Å². The van der Waals surface area contributed by atoms with Crippen LogP contribution in [0.4, 0.5) is 0 Å². The third-order valence-corrected chi connectivity index (χ3v) is 3.89. The first-order valence-corrected chi connectivity index (χ1v) is 7.66. The normalized spacial score (nSPS) is 11.1. The van der Waals surface area contributed by atoms with Crippen molar-refractivity contribution in [1.82, 2.24) is 15.3 Å². The smallest absolute Gasteiger partial charge is 0.192 e. The van der Waals surface area contributed by atoms with Gasteiger partial charge in [0.15, 0.2) is 5.16 Å². The van der Waals surface area contributed by atoms with Crippen LogP contribution < -0.4 is 5.32 Å². The van der Waals surface area contributed by atoms with Gasteiger partial charge in [0, 0.05) is 29.4 Å². The maximum atomic E-state index is 4.46. The molecule has 0 saturated heterocycles. The number of aryl methyl sites for hydroxylation is 2. The molecule has 0 spiro atoms. The molecule has 0 saturated carbocycles. The van der Waals surface area contributed by atoms with Crippen LogP contribution in [-0.4, -0.2) is 16.0 Å². The van der Waals surface area contributed by atoms with Gasteiger partial charge in [0.2, 0.25) is 0 Å². The molecule has 0 bridgehead atoms. The standard InChI is InChI=1S/C16H21N3S/c1-11(2)18-10-14-9-12(3)5-6-15(14)20-16-17-8-7-13(4)19-16/h5-9,11,18H,10H2,1-4H3. The van der Waals surface area contributed by atoms with Gasteiger partial charge in [-0.25, -0.2) is 9.97 Å². The lowest BCUT2D eigenvalue weighted by molar-refractivity contribution is 0.584. The van der Waals surface area contributed by atoms with Gasteiger partial charge in [-0.1, -0.05) is 31.5 Å². The Morgan fingerprint density at radius 2 is 2.00 bits per heavy atom. The zero-order valence-electron chi connectivity index (χ0n) is 12.5. The van der Waals surface area contributed by atoms with E-state index in [4.69, 9.17) is 0 Å². The fourth-order valence-electron chi connectivity index (χ4n) is 1.83. The number of hydrogen-bond donors (Lipinski definition) is 1. The van der Waals surface area contributed by atoms with Crippen LogP contribution in [0, 0.1) is 13.8 Å². The summed E-state index contributed by atoms with van der Waals surface area (Å²) in [6.45, 7) is 9.30. The van der Waals surface area contributed by atoms with Crippen LogP contribution in [0.25, 0.3) is 0 Å². The molecule has 1 aromatic heterocycles. The summed E-state index contributed by atoms with van der Waals surface area (Å²) in [4.78, 5) is 10.0. The van der Waals surface area contributed by atoms with Crippen molar-refractivity contribution in [1.29, 1.82) is 0 Å². The van der Waals surface area contributed by atoms with Gasteiger partial charge >= 0.3 is 0 Å². The number of nitrogens with zero attached hydrogens (tertiary/aromatic N) is 2. The van der Waals surface area contributed by atoms with Gasteiger partial charge < -0.3 is 5.32 Å². The number of benzene rings is 1. The Morgan fingerprint density at radius 1 is 1.20 bits per heavy atom. The van der Waals surface area contributed by atoms with E-state index in [0.717, 1.165) is 17.4 Å².